The van der Waals surface area contributed by atoms with Gasteiger partial charge in [0.25, 0.3) is 0 Å². The summed E-state index contributed by atoms with van der Waals surface area (Å²) < 4.78 is 0. The van der Waals surface area contributed by atoms with Crippen LogP contribution in [0.3, 0.4) is 0 Å². The molecule has 1 fully saturated rings. The van der Waals surface area contributed by atoms with Crippen LogP contribution < -0.4 is 11.5 Å². The number of aliphatic hydroxyl groups is 2. The fraction of sp³-hybridized carbons (Fsp3) is 0.500. The van der Waals surface area contributed by atoms with E-state index in [9.17, 15) is 19.8 Å². The van der Waals surface area contributed by atoms with Crippen LogP contribution in [0.2, 0.25) is 0 Å². The van der Waals surface area contributed by atoms with Crippen molar-refractivity contribution in [2.45, 2.75) is 63.4 Å². The zero-order valence-electron chi connectivity index (χ0n) is 21.8. The molecular formula is C28H42N4O4. The van der Waals surface area contributed by atoms with Crippen molar-refractivity contribution in [3.63, 3.8) is 0 Å². The summed E-state index contributed by atoms with van der Waals surface area (Å²) in [6.45, 7) is 3.60. The monoisotopic (exact) mass is 498 g/mol. The summed E-state index contributed by atoms with van der Waals surface area (Å²) in [7, 11) is 3.36. The molecule has 0 unspecified atom stereocenters. The Bertz CT molecular complexity index is 939. The van der Waals surface area contributed by atoms with E-state index in [0.717, 1.165) is 17.5 Å². The lowest BCUT2D eigenvalue weighted by Crippen LogP contribution is -2.47. The topological polar surface area (TPSA) is 133 Å². The first-order valence-corrected chi connectivity index (χ1v) is 12.5. The number of nitrogens with zero attached hydrogens (tertiary/aromatic N) is 2. The highest BCUT2D eigenvalue weighted by Crippen LogP contribution is 2.33. The Morgan fingerprint density at radius 3 is 1.67 bits per heavy atom. The lowest BCUT2D eigenvalue weighted by molar-refractivity contribution is -0.135. The highest BCUT2D eigenvalue weighted by atomic mass is 16.3. The fourth-order valence-electron chi connectivity index (χ4n) is 3.93. The number of rotatable bonds is 10. The predicted molar refractivity (Wildman–Crippen MR) is 142 cm³/mol. The number of benzene rings is 2. The minimum atomic E-state index is -0.696. The fourth-order valence-corrected chi connectivity index (χ4v) is 3.93. The van der Waals surface area contributed by atoms with Crippen LogP contribution in [-0.4, -0.2) is 70.6 Å². The largest absolute Gasteiger partial charge is 0.386 e. The Morgan fingerprint density at radius 1 is 0.861 bits per heavy atom. The number of nitrogens with two attached hydrogens (primary N) is 2. The smallest absolute Gasteiger partial charge is 0.239 e. The number of aliphatic hydroxyl groups excluding tert-OH is 2. The molecule has 3 rings (SSSR count). The van der Waals surface area contributed by atoms with Crippen molar-refractivity contribution in [1.82, 2.24) is 9.80 Å². The summed E-state index contributed by atoms with van der Waals surface area (Å²) in [6, 6.07) is 17.6. The normalized spacial score (nSPS) is 17.0. The van der Waals surface area contributed by atoms with E-state index in [1.165, 1.54) is 17.7 Å². The molecule has 0 aromatic heterocycles. The second kappa shape index (κ2) is 14.1. The molecule has 6 N–H and O–H groups in total. The van der Waals surface area contributed by atoms with Gasteiger partial charge in [0, 0.05) is 14.1 Å². The molecule has 2 aromatic rings. The molecule has 8 heteroatoms. The molecule has 8 nitrogen and oxygen atoms in total. The molecule has 0 bridgehead atoms. The molecule has 0 aliphatic heterocycles. The highest BCUT2D eigenvalue weighted by Gasteiger charge is 2.31. The van der Waals surface area contributed by atoms with E-state index >= 15 is 0 Å². The number of carbonyl (C=O) groups is 2. The SMILES string of the molecule is C[C@@H]([C@@H](O)c1ccccc1)N(C)C(=O)CN.C[C@@H]([C@@H](O)c1ccccc1)N(C)C(=O)[C@H](N)CC1CC1. The van der Waals surface area contributed by atoms with Gasteiger partial charge in [-0.15, -0.1) is 0 Å². The molecule has 0 saturated heterocycles. The molecule has 36 heavy (non-hydrogen) atoms. The zero-order valence-corrected chi connectivity index (χ0v) is 21.8. The number of carbonyl (C=O) groups excluding carboxylic acids is 2. The van der Waals surface area contributed by atoms with Crippen LogP contribution in [0.4, 0.5) is 0 Å². The Balaban J connectivity index is 0.000000261. The number of hydrogen-bond acceptors (Lipinski definition) is 6. The predicted octanol–water partition coefficient (Wildman–Crippen LogP) is 2.22. The van der Waals surface area contributed by atoms with Gasteiger partial charge in [0.1, 0.15) is 0 Å². The first-order chi connectivity index (χ1) is 17.1. The molecule has 1 aliphatic rings. The second-order valence-electron chi connectivity index (χ2n) is 9.64. The highest BCUT2D eigenvalue weighted by molar-refractivity contribution is 5.81. The van der Waals surface area contributed by atoms with Crippen LogP contribution in [0, 0.1) is 5.92 Å². The molecule has 1 aliphatic carbocycles. The van der Waals surface area contributed by atoms with Crippen LogP contribution in [0.1, 0.15) is 56.4 Å². The molecule has 1 saturated carbocycles. The maximum absolute atomic E-state index is 12.3. The van der Waals surface area contributed by atoms with Crippen molar-refractivity contribution in [2.75, 3.05) is 20.6 Å². The van der Waals surface area contributed by atoms with Gasteiger partial charge in [-0.05, 0) is 37.3 Å². The summed E-state index contributed by atoms with van der Waals surface area (Å²) >= 11 is 0. The van der Waals surface area contributed by atoms with Crippen molar-refractivity contribution >= 4 is 11.8 Å². The first kappa shape index (κ1) is 29.5. The quantitative estimate of drug-likeness (QED) is 0.397. The van der Waals surface area contributed by atoms with Gasteiger partial charge in [-0.25, -0.2) is 0 Å². The van der Waals surface area contributed by atoms with E-state index in [1.54, 1.807) is 25.9 Å². The summed E-state index contributed by atoms with van der Waals surface area (Å²) in [6.07, 6.45) is 1.75. The van der Waals surface area contributed by atoms with Gasteiger partial charge < -0.3 is 31.5 Å². The van der Waals surface area contributed by atoms with Crippen LogP contribution >= 0.6 is 0 Å². The van der Waals surface area contributed by atoms with E-state index in [0.29, 0.717) is 5.92 Å². The standard InChI is InChI=1S/C16H24N2O2.C12H18N2O2/c1-11(15(19)13-6-4-3-5-7-13)18(2)16(20)14(17)10-12-8-9-12;1-9(14(2)11(15)8-13)12(16)10-6-4-3-5-7-10/h3-7,11-12,14-15,19H,8-10,17H2,1-2H3;3-7,9,12,16H,8,13H2,1-2H3/t11-,14+,15+;9-,12+/m00/s1. The van der Waals surface area contributed by atoms with Gasteiger partial charge in [-0.1, -0.05) is 73.5 Å². The van der Waals surface area contributed by atoms with Crippen molar-refractivity contribution < 1.29 is 19.8 Å². The summed E-state index contributed by atoms with van der Waals surface area (Å²) in [5.41, 5.74) is 12.9. The van der Waals surface area contributed by atoms with Crippen LogP contribution in [0.25, 0.3) is 0 Å². The summed E-state index contributed by atoms with van der Waals surface area (Å²) in [5, 5.41) is 20.4. The van der Waals surface area contributed by atoms with Crippen LogP contribution in [0.15, 0.2) is 60.7 Å². The van der Waals surface area contributed by atoms with Crippen LogP contribution in [-0.2, 0) is 9.59 Å². The molecule has 5 atom stereocenters. The summed E-state index contributed by atoms with van der Waals surface area (Å²) in [4.78, 5) is 26.7. The van der Waals surface area contributed by atoms with Crippen molar-refractivity contribution in [3.8, 4) is 0 Å². The molecule has 198 valence electrons. The third-order valence-corrected chi connectivity index (χ3v) is 6.93. The Morgan fingerprint density at radius 2 is 1.28 bits per heavy atom. The van der Waals surface area contributed by atoms with E-state index < -0.39 is 18.2 Å². The van der Waals surface area contributed by atoms with Crippen molar-refractivity contribution in [2.24, 2.45) is 17.4 Å². The maximum atomic E-state index is 12.3. The molecule has 0 heterocycles. The zero-order chi connectivity index (χ0) is 26.8. The third-order valence-electron chi connectivity index (χ3n) is 6.93. The van der Waals surface area contributed by atoms with Gasteiger partial charge >= 0.3 is 0 Å². The lowest BCUT2D eigenvalue weighted by Gasteiger charge is -2.31. The molecule has 2 aromatic carbocycles. The lowest BCUT2D eigenvalue weighted by atomic mass is 10.0. The molecule has 2 amide bonds. The van der Waals surface area contributed by atoms with E-state index in [4.69, 9.17) is 11.5 Å². The maximum Gasteiger partial charge on any atom is 0.239 e. The van der Waals surface area contributed by atoms with Crippen molar-refractivity contribution in [1.29, 1.82) is 0 Å². The van der Waals surface area contributed by atoms with E-state index in [-0.39, 0.29) is 30.4 Å². The molecule has 0 radical (unpaired) electrons. The van der Waals surface area contributed by atoms with Gasteiger partial charge in [-0.2, -0.15) is 0 Å². The third kappa shape index (κ3) is 8.41. The number of amides is 2. The summed E-state index contributed by atoms with van der Waals surface area (Å²) in [5.74, 6) is 0.360. The molecule has 0 spiro atoms. The van der Waals surface area contributed by atoms with E-state index in [2.05, 4.69) is 0 Å². The second-order valence-corrected chi connectivity index (χ2v) is 9.64. The van der Waals surface area contributed by atoms with Crippen molar-refractivity contribution in [3.05, 3.63) is 71.8 Å². The van der Waals surface area contributed by atoms with E-state index in [1.807, 2.05) is 67.6 Å². The van der Waals surface area contributed by atoms with Crippen LogP contribution in [0.5, 0.6) is 0 Å². The average Bonchev–Trinajstić information content (AvgIpc) is 3.74. The minimum absolute atomic E-state index is 0.0393. The number of hydrogen-bond donors (Lipinski definition) is 4. The first-order valence-electron chi connectivity index (χ1n) is 12.5. The molecular weight excluding hydrogens is 456 g/mol. The Kier molecular flexibility index (Phi) is 11.5. The van der Waals surface area contributed by atoms with Gasteiger partial charge in [0.15, 0.2) is 0 Å². The van der Waals surface area contributed by atoms with Gasteiger partial charge in [0.05, 0.1) is 36.9 Å². The number of likely N-dealkylation sites (N-methyl/N-ethyl adjacent to an activating group) is 2. The average molecular weight is 499 g/mol. The van der Waals surface area contributed by atoms with Gasteiger partial charge in [0.2, 0.25) is 11.8 Å². The van der Waals surface area contributed by atoms with Gasteiger partial charge in [-0.3, -0.25) is 9.59 Å². The Labute approximate surface area is 214 Å². The Hall–Kier alpha value is -2.78. The minimum Gasteiger partial charge on any atom is -0.386 e.